The second-order valence-corrected chi connectivity index (χ2v) is 7.67. The third kappa shape index (κ3) is 3.99. The van der Waals surface area contributed by atoms with Gasteiger partial charge in [0.1, 0.15) is 11.8 Å². The summed E-state index contributed by atoms with van der Waals surface area (Å²) in [4.78, 5) is 29.9. The molecule has 3 heterocycles. The lowest BCUT2D eigenvalue weighted by molar-refractivity contribution is -0.138. The first-order chi connectivity index (χ1) is 14.2. The highest BCUT2D eigenvalue weighted by Crippen LogP contribution is 2.31. The van der Waals surface area contributed by atoms with Crippen LogP contribution in [0.2, 0.25) is 0 Å². The van der Waals surface area contributed by atoms with Crippen molar-refractivity contribution in [3.63, 3.8) is 0 Å². The number of hydrogen-bond donors (Lipinski definition) is 0. The van der Waals surface area contributed by atoms with E-state index in [2.05, 4.69) is 5.16 Å². The summed E-state index contributed by atoms with van der Waals surface area (Å²) in [6.07, 6.45) is 5.81. The number of likely N-dealkylation sites (tertiary alicyclic amines) is 2. The molecule has 0 saturated carbocycles. The van der Waals surface area contributed by atoms with Gasteiger partial charge in [-0.3, -0.25) is 9.59 Å². The van der Waals surface area contributed by atoms with Crippen molar-refractivity contribution in [3.05, 3.63) is 36.0 Å². The van der Waals surface area contributed by atoms with Gasteiger partial charge in [-0.25, -0.2) is 0 Å². The molecule has 2 fully saturated rings. The number of piperidine rings is 2. The largest absolute Gasteiger partial charge is 0.496 e. The van der Waals surface area contributed by atoms with Gasteiger partial charge in [0.15, 0.2) is 11.5 Å². The third-order valence-electron chi connectivity index (χ3n) is 5.82. The number of para-hydroxylation sites is 1. The highest BCUT2D eigenvalue weighted by molar-refractivity contribution is 5.97. The molecule has 0 aliphatic carbocycles. The molecule has 2 aliphatic rings. The highest BCUT2D eigenvalue weighted by Gasteiger charge is 2.36. The van der Waals surface area contributed by atoms with Gasteiger partial charge in [-0.1, -0.05) is 17.3 Å². The fourth-order valence-corrected chi connectivity index (χ4v) is 4.25. The number of benzene rings is 1. The van der Waals surface area contributed by atoms with Crippen LogP contribution in [-0.4, -0.2) is 59.6 Å². The van der Waals surface area contributed by atoms with E-state index >= 15 is 0 Å². The second kappa shape index (κ2) is 8.68. The Hall–Kier alpha value is -2.83. The van der Waals surface area contributed by atoms with Gasteiger partial charge >= 0.3 is 0 Å². The number of hydrogen-bond acceptors (Lipinski definition) is 5. The minimum Gasteiger partial charge on any atom is -0.496 e. The van der Waals surface area contributed by atoms with Gasteiger partial charge in [0.25, 0.3) is 5.91 Å². The Labute approximate surface area is 170 Å². The standard InChI is InChI=1S/C22H27N3O4/c1-28-19-11-4-3-9-16(19)20-15-17(23-29-20)21(26)25-14-8-5-10-18(25)22(27)24-12-6-2-7-13-24/h3-4,9,11,15,18H,2,5-8,10,12-14H2,1H3/t18-/m1/s1. The molecule has 4 rings (SSSR count). The van der Waals surface area contributed by atoms with Crippen LogP contribution in [0.1, 0.15) is 49.0 Å². The van der Waals surface area contributed by atoms with Crippen LogP contribution in [0, 0.1) is 0 Å². The predicted octanol–water partition coefficient (Wildman–Crippen LogP) is 3.36. The smallest absolute Gasteiger partial charge is 0.276 e. The molecule has 0 radical (unpaired) electrons. The average Bonchev–Trinajstić information content (AvgIpc) is 3.29. The zero-order chi connectivity index (χ0) is 20.2. The molecule has 0 bridgehead atoms. The van der Waals surface area contributed by atoms with Gasteiger partial charge in [0.05, 0.1) is 12.7 Å². The summed E-state index contributed by atoms with van der Waals surface area (Å²) in [5.74, 6) is 0.955. The molecule has 0 spiro atoms. The summed E-state index contributed by atoms with van der Waals surface area (Å²) >= 11 is 0. The lowest BCUT2D eigenvalue weighted by atomic mass is 9.99. The molecule has 154 valence electrons. The maximum Gasteiger partial charge on any atom is 0.276 e. The molecule has 1 atom stereocenters. The zero-order valence-electron chi connectivity index (χ0n) is 16.8. The van der Waals surface area contributed by atoms with E-state index in [1.807, 2.05) is 29.2 Å². The predicted molar refractivity (Wildman–Crippen MR) is 108 cm³/mol. The number of aromatic nitrogens is 1. The highest BCUT2D eigenvalue weighted by atomic mass is 16.5. The van der Waals surface area contributed by atoms with Crippen LogP contribution >= 0.6 is 0 Å². The van der Waals surface area contributed by atoms with Crippen molar-refractivity contribution >= 4 is 11.8 Å². The lowest BCUT2D eigenvalue weighted by Gasteiger charge is -2.38. The van der Waals surface area contributed by atoms with Gasteiger partial charge in [-0.05, 0) is 50.7 Å². The van der Waals surface area contributed by atoms with Crippen LogP contribution in [0.5, 0.6) is 5.75 Å². The molecular formula is C22H27N3O4. The van der Waals surface area contributed by atoms with E-state index in [1.165, 1.54) is 6.42 Å². The number of carbonyl (C=O) groups is 2. The van der Waals surface area contributed by atoms with E-state index in [4.69, 9.17) is 9.26 Å². The van der Waals surface area contributed by atoms with Crippen molar-refractivity contribution in [2.75, 3.05) is 26.7 Å². The molecule has 2 saturated heterocycles. The van der Waals surface area contributed by atoms with Crippen LogP contribution in [0.3, 0.4) is 0 Å². The van der Waals surface area contributed by atoms with Crippen molar-refractivity contribution < 1.29 is 18.8 Å². The van der Waals surface area contributed by atoms with E-state index in [0.717, 1.165) is 44.3 Å². The number of methoxy groups -OCH3 is 1. The molecule has 2 aromatic rings. The Morgan fingerprint density at radius 3 is 2.62 bits per heavy atom. The number of amides is 2. The number of ether oxygens (including phenoxy) is 1. The third-order valence-corrected chi connectivity index (χ3v) is 5.82. The van der Waals surface area contributed by atoms with E-state index in [9.17, 15) is 9.59 Å². The van der Waals surface area contributed by atoms with Gasteiger partial charge in [-0.2, -0.15) is 0 Å². The zero-order valence-corrected chi connectivity index (χ0v) is 16.8. The van der Waals surface area contributed by atoms with Crippen molar-refractivity contribution in [2.24, 2.45) is 0 Å². The normalized spacial score (nSPS) is 19.8. The van der Waals surface area contributed by atoms with Crippen LogP contribution in [0.4, 0.5) is 0 Å². The fraction of sp³-hybridized carbons (Fsp3) is 0.500. The summed E-state index contributed by atoms with van der Waals surface area (Å²) in [5, 5.41) is 4.00. The maximum atomic E-state index is 13.2. The van der Waals surface area contributed by atoms with Crippen molar-refractivity contribution in [1.82, 2.24) is 15.0 Å². The number of rotatable bonds is 4. The second-order valence-electron chi connectivity index (χ2n) is 7.67. The molecule has 0 N–H and O–H groups in total. The Bertz CT molecular complexity index is 872. The Morgan fingerprint density at radius 1 is 1.07 bits per heavy atom. The molecule has 7 nitrogen and oxygen atoms in total. The SMILES string of the molecule is COc1ccccc1-c1cc(C(=O)N2CCCC[C@@H]2C(=O)N2CCCCC2)no1. The fourth-order valence-electron chi connectivity index (χ4n) is 4.25. The van der Waals surface area contributed by atoms with E-state index < -0.39 is 6.04 Å². The van der Waals surface area contributed by atoms with E-state index in [1.54, 1.807) is 18.1 Å². The molecule has 7 heteroatoms. The Balaban J connectivity index is 1.54. The summed E-state index contributed by atoms with van der Waals surface area (Å²) in [5.41, 5.74) is 0.963. The number of nitrogens with zero attached hydrogens (tertiary/aromatic N) is 3. The van der Waals surface area contributed by atoms with Crippen molar-refractivity contribution in [2.45, 2.75) is 44.6 Å². The summed E-state index contributed by atoms with van der Waals surface area (Å²) in [6, 6.07) is 8.67. The van der Waals surface area contributed by atoms with Gasteiger partial charge in [0, 0.05) is 25.7 Å². The monoisotopic (exact) mass is 397 g/mol. The molecule has 2 aliphatic heterocycles. The minimum absolute atomic E-state index is 0.0752. The van der Waals surface area contributed by atoms with Gasteiger partial charge < -0.3 is 19.1 Å². The summed E-state index contributed by atoms with van der Waals surface area (Å²) in [6.45, 7) is 2.15. The van der Waals surface area contributed by atoms with Crippen LogP contribution < -0.4 is 4.74 Å². The Morgan fingerprint density at radius 2 is 1.83 bits per heavy atom. The molecule has 29 heavy (non-hydrogen) atoms. The molecule has 1 aromatic carbocycles. The summed E-state index contributed by atoms with van der Waals surface area (Å²) in [7, 11) is 1.59. The lowest BCUT2D eigenvalue weighted by Crippen LogP contribution is -2.54. The first-order valence-corrected chi connectivity index (χ1v) is 10.4. The quantitative estimate of drug-likeness (QED) is 0.791. The van der Waals surface area contributed by atoms with Gasteiger partial charge in [0.2, 0.25) is 5.91 Å². The van der Waals surface area contributed by atoms with Crippen LogP contribution in [0.15, 0.2) is 34.9 Å². The Kier molecular flexibility index (Phi) is 5.83. The van der Waals surface area contributed by atoms with Crippen LogP contribution in [0.25, 0.3) is 11.3 Å². The maximum absolute atomic E-state index is 13.2. The molecule has 1 aromatic heterocycles. The first-order valence-electron chi connectivity index (χ1n) is 10.4. The molecule has 2 amide bonds. The molecule has 0 unspecified atom stereocenters. The first kappa shape index (κ1) is 19.5. The average molecular weight is 397 g/mol. The number of carbonyl (C=O) groups excluding carboxylic acids is 2. The minimum atomic E-state index is -0.402. The van der Waals surface area contributed by atoms with E-state index in [-0.39, 0.29) is 17.5 Å². The van der Waals surface area contributed by atoms with Gasteiger partial charge in [-0.15, -0.1) is 0 Å². The topological polar surface area (TPSA) is 75.9 Å². The summed E-state index contributed by atoms with van der Waals surface area (Å²) < 4.78 is 10.8. The van der Waals surface area contributed by atoms with E-state index in [0.29, 0.717) is 24.5 Å². The van der Waals surface area contributed by atoms with Crippen LogP contribution in [-0.2, 0) is 4.79 Å². The van der Waals surface area contributed by atoms with Crippen molar-refractivity contribution in [1.29, 1.82) is 0 Å². The van der Waals surface area contributed by atoms with Crippen molar-refractivity contribution in [3.8, 4) is 17.1 Å². The molecular weight excluding hydrogens is 370 g/mol.